The Morgan fingerprint density at radius 2 is 0.153 bits per heavy atom. The van der Waals surface area contributed by atoms with Gasteiger partial charge < -0.3 is 46.0 Å². The van der Waals surface area contributed by atoms with Crippen molar-refractivity contribution < 1.29 is 89.1 Å². The summed E-state index contributed by atoms with van der Waals surface area (Å²) in [5.74, 6) is -5.96. The summed E-state index contributed by atoms with van der Waals surface area (Å²) in [5.41, 5.74) is 0. The summed E-state index contributed by atoms with van der Waals surface area (Å²) in [4.78, 5) is 91.4. The van der Waals surface area contributed by atoms with E-state index in [2.05, 4.69) is 62.3 Å². The largest absolute Gasteiger partial charge is 0.481 e. The van der Waals surface area contributed by atoms with Gasteiger partial charge in [-0.05, 0) is 57.8 Å². The molecule has 0 radical (unpaired) electrons. The maximum Gasteiger partial charge on any atom is 0.303 e. The molecule has 708 valence electrons. The minimum absolute atomic E-state index is 0.341. The van der Waals surface area contributed by atoms with Crippen molar-refractivity contribution in [2.45, 2.75) is 589 Å². The minimum Gasteiger partial charge on any atom is -0.481 e. The predicted octanol–water partition coefficient (Wildman–Crippen LogP) is 32.8. The molecular weight excluding hydrogens is 1490 g/mol. The van der Waals surface area contributed by atoms with Crippen LogP contribution in [0.1, 0.15) is 589 Å². The smallest absolute Gasteiger partial charge is 0.303 e. The van der Waals surface area contributed by atoms with Crippen molar-refractivity contribution >= 4 is 53.7 Å². The minimum atomic E-state index is -0.663. The van der Waals surface area contributed by atoms with Crippen LogP contribution in [0.4, 0.5) is 0 Å². The van der Waals surface area contributed by atoms with Crippen LogP contribution in [0.25, 0.3) is 0 Å². The molecule has 18 nitrogen and oxygen atoms in total. The van der Waals surface area contributed by atoms with E-state index in [0.717, 1.165) is 116 Å². The molecule has 118 heavy (non-hydrogen) atoms. The van der Waals surface area contributed by atoms with E-state index in [-0.39, 0.29) is 0 Å². The molecule has 0 saturated carbocycles. The average Bonchev–Trinajstić information content (AvgIpc) is 1.33. The van der Waals surface area contributed by atoms with Gasteiger partial charge in [0.25, 0.3) is 0 Å². The van der Waals surface area contributed by atoms with Crippen molar-refractivity contribution in [3.63, 3.8) is 0 Å². The lowest BCUT2D eigenvalue weighted by atomic mass is 10.0. The van der Waals surface area contributed by atoms with Gasteiger partial charge >= 0.3 is 53.7 Å². The Morgan fingerprint density at radius 3 is 0.203 bits per heavy atom. The molecule has 0 unspecified atom stereocenters. The Labute approximate surface area is 728 Å². The van der Waals surface area contributed by atoms with E-state index in [1.165, 1.54) is 353 Å². The number of rotatable bonds is 82. The van der Waals surface area contributed by atoms with Crippen molar-refractivity contribution in [1.29, 1.82) is 0 Å². The topological polar surface area (TPSA) is 336 Å². The quantitative estimate of drug-likeness (QED) is 0.0255. The van der Waals surface area contributed by atoms with Gasteiger partial charge in [-0.2, -0.15) is 0 Å². The zero-order valence-electron chi connectivity index (χ0n) is 79.2. The lowest BCUT2D eigenvalue weighted by Crippen LogP contribution is -1.93. The van der Waals surface area contributed by atoms with E-state index in [9.17, 15) is 43.2 Å². The monoisotopic (exact) mass is 1690 g/mol. The predicted molar refractivity (Wildman–Crippen MR) is 498 cm³/mol. The number of aliphatic carboxylic acids is 9. The summed E-state index contributed by atoms with van der Waals surface area (Å²) in [5, 5.41) is 75.4. The maximum absolute atomic E-state index is 10.4. The number of carboxylic acids is 9. The van der Waals surface area contributed by atoms with E-state index in [1.807, 2.05) is 0 Å². The molecular formula is C100H200O18. The summed E-state index contributed by atoms with van der Waals surface area (Å²) in [6.45, 7) is 19.9. The molecule has 9 N–H and O–H groups in total. The van der Waals surface area contributed by atoms with Crippen LogP contribution in [0.15, 0.2) is 0 Å². The normalized spacial score (nSPS) is 10.2. The second kappa shape index (κ2) is 128. The van der Waals surface area contributed by atoms with E-state index < -0.39 is 53.7 Å². The second-order valence-corrected chi connectivity index (χ2v) is 32.9. The van der Waals surface area contributed by atoms with Crippen molar-refractivity contribution in [3.05, 3.63) is 0 Å². The van der Waals surface area contributed by atoms with E-state index in [4.69, 9.17) is 46.0 Å². The van der Waals surface area contributed by atoms with Crippen LogP contribution >= 0.6 is 0 Å². The number of hydrogen-bond donors (Lipinski definition) is 9. The first-order chi connectivity index (χ1) is 56.9. The highest BCUT2D eigenvalue weighted by atomic mass is 16.4. The Hall–Kier alpha value is -4.77. The summed E-state index contributed by atoms with van der Waals surface area (Å²) in [6.07, 6.45) is 92.3. The van der Waals surface area contributed by atoms with Crippen LogP contribution in [0, 0.1) is 0 Å². The van der Waals surface area contributed by atoms with Gasteiger partial charge in [-0.15, -0.1) is 0 Å². The maximum atomic E-state index is 10.4. The molecule has 0 aromatic heterocycles. The average molecular weight is 1690 g/mol. The lowest BCUT2D eigenvalue weighted by molar-refractivity contribution is -0.138. The van der Waals surface area contributed by atoms with Gasteiger partial charge in [-0.25, -0.2) is 0 Å². The molecule has 18 heteroatoms. The number of carbonyl (C=O) groups is 9. The van der Waals surface area contributed by atoms with Crippen LogP contribution < -0.4 is 0 Å². The Morgan fingerprint density at radius 1 is 0.102 bits per heavy atom. The molecule has 0 rings (SSSR count). The SMILES string of the molecule is CCCCCCCCCC(=O)O.CCCCCCCCCC(=O)O.CCCCCCCCCC(=O)O.CCCCCCCCCC(=O)O.CCCCCCCCCC(=O)O.CCCCCCCCCC(=O)O.CCCCCCCCCC(=O)O.CCCCCCCCCC(=O)O.CCCCCCCCCCCCCCCCCCCC(=O)O. The molecule has 0 aromatic carbocycles. The van der Waals surface area contributed by atoms with Crippen molar-refractivity contribution in [2.24, 2.45) is 0 Å². The highest BCUT2D eigenvalue weighted by Gasteiger charge is 2.04. The van der Waals surface area contributed by atoms with Crippen molar-refractivity contribution in [3.8, 4) is 0 Å². The van der Waals surface area contributed by atoms with E-state index in [0.29, 0.717) is 57.8 Å². The molecule has 0 aliphatic heterocycles. The first kappa shape index (κ1) is 131. The highest BCUT2D eigenvalue weighted by molar-refractivity contribution is 5.69. The zero-order valence-corrected chi connectivity index (χ0v) is 79.2. The molecule has 0 aliphatic carbocycles. The third-order valence-corrected chi connectivity index (χ3v) is 20.4. The highest BCUT2D eigenvalue weighted by Crippen LogP contribution is 2.18. The van der Waals surface area contributed by atoms with Crippen LogP contribution in [-0.4, -0.2) is 99.7 Å². The van der Waals surface area contributed by atoms with Crippen LogP contribution in [-0.2, 0) is 43.2 Å². The van der Waals surface area contributed by atoms with Gasteiger partial charge in [0.1, 0.15) is 0 Å². The molecule has 0 aliphatic rings. The summed E-state index contributed by atoms with van der Waals surface area (Å²) in [7, 11) is 0. The fourth-order valence-corrected chi connectivity index (χ4v) is 12.9. The number of carboxylic acid groups (broad SMARTS) is 9. The van der Waals surface area contributed by atoms with Crippen molar-refractivity contribution in [1.82, 2.24) is 0 Å². The second-order valence-electron chi connectivity index (χ2n) is 32.9. The molecule has 0 aromatic rings. The molecule has 0 amide bonds. The van der Waals surface area contributed by atoms with Crippen molar-refractivity contribution in [2.75, 3.05) is 0 Å². The third-order valence-electron chi connectivity index (χ3n) is 20.4. The standard InChI is InChI=1S/C20H40O2.8C10H20O2/c1-2-3-4-5-6-7-8-9-10-11-12-13-14-15-16-17-18-19-20(21)22;8*1-2-3-4-5-6-7-8-9-10(11)12/h2-19H2,1H3,(H,21,22);8*2-9H2,1H3,(H,11,12). The molecule has 0 atom stereocenters. The third kappa shape index (κ3) is 182. The number of unbranched alkanes of at least 4 members (excludes halogenated alkanes) is 64. The van der Waals surface area contributed by atoms with Crippen LogP contribution in [0.2, 0.25) is 0 Å². The van der Waals surface area contributed by atoms with Gasteiger partial charge in [0, 0.05) is 57.8 Å². The Bertz CT molecular complexity index is 1630. The van der Waals surface area contributed by atoms with E-state index >= 15 is 0 Å². The van der Waals surface area contributed by atoms with Gasteiger partial charge in [-0.3, -0.25) is 43.2 Å². The molecule has 0 saturated heterocycles. The van der Waals surface area contributed by atoms with Gasteiger partial charge in [-0.1, -0.05) is 473 Å². The molecule has 0 bridgehead atoms. The van der Waals surface area contributed by atoms with Crippen LogP contribution in [0.3, 0.4) is 0 Å². The Balaban J connectivity index is -0.000000163. The summed E-state index contributed by atoms with van der Waals surface area (Å²) < 4.78 is 0. The molecule has 0 heterocycles. The van der Waals surface area contributed by atoms with Gasteiger partial charge in [0.2, 0.25) is 0 Å². The molecule has 0 spiro atoms. The summed E-state index contributed by atoms with van der Waals surface area (Å²) >= 11 is 0. The number of hydrogen-bond acceptors (Lipinski definition) is 9. The first-order valence-electron chi connectivity index (χ1n) is 49.9. The lowest BCUT2D eigenvalue weighted by Gasteiger charge is -2.03. The fourth-order valence-electron chi connectivity index (χ4n) is 12.9. The van der Waals surface area contributed by atoms with Crippen LogP contribution in [0.5, 0.6) is 0 Å². The fraction of sp³-hybridized carbons (Fsp3) is 0.910. The van der Waals surface area contributed by atoms with E-state index in [1.54, 1.807) is 0 Å². The first-order valence-corrected chi connectivity index (χ1v) is 49.9. The Kier molecular flexibility index (Phi) is 142. The summed E-state index contributed by atoms with van der Waals surface area (Å²) in [6, 6.07) is 0. The zero-order chi connectivity index (χ0) is 90.2. The molecule has 0 fully saturated rings. The van der Waals surface area contributed by atoms with Gasteiger partial charge in [0.15, 0.2) is 0 Å². The van der Waals surface area contributed by atoms with Gasteiger partial charge in [0.05, 0.1) is 0 Å².